The molecule has 70 valence electrons. The Balaban J connectivity index is 2.27. The van der Waals surface area contributed by atoms with Crippen molar-refractivity contribution in [2.45, 2.75) is 32.4 Å². The molecule has 0 aromatic carbocycles. The lowest BCUT2D eigenvalue weighted by Gasteiger charge is -2.34. The molecule has 2 aliphatic rings. The maximum absolute atomic E-state index is 3.50. The van der Waals surface area contributed by atoms with Crippen molar-refractivity contribution in [3.63, 3.8) is 0 Å². The summed E-state index contributed by atoms with van der Waals surface area (Å²) >= 11 is 0. The Labute approximate surface area is 75.3 Å². The monoisotopic (exact) mass is 168 g/mol. The molecule has 3 unspecified atom stereocenters. The van der Waals surface area contributed by atoms with Crippen molar-refractivity contribution in [1.29, 1.82) is 0 Å². The van der Waals surface area contributed by atoms with Crippen LogP contribution in [0.2, 0.25) is 0 Å². The largest absolute Gasteiger partial charge is 0.316 e. The highest BCUT2D eigenvalue weighted by atomic mass is 15.3. The lowest BCUT2D eigenvalue weighted by molar-refractivity contribution is 0.145. The summed E-state index contributed by atoms with van der Waals surface area (Å²) in [6.45, 7) is 9.55. The molecule has 0 amide bonds. The third-order valence-corrected chi connectivity index (χ3v) is 4.31. The van der Waals surface area contributed by atoms with Gasteiger partial charge in [0.25, 0.3) is 0 Å². The second-order valence-electron chi connectivity index (χ2n) is 4.93. The molecular formula is C10H20N2. The minimum Gasteiger partial charge on any atom is -0.316 e. The van der Waals surface area contributed by atoms with E-state index in [4.69, 9.17) is 0 Å². The topological polar surface area (TPSA) is 15.3 Å². The molecule has 2 rings (SSSR count). The standard InChI is InChI=1S/C10H20N2/c1-7-8-5-11-6-9(8)10(2,3)12(7)4/h7-9,11H,5-6H2,1-4H3. The molecule has 0 aromatic heterocycles. The summed E-state index contributed by atoms with van der Waals surface area (Å²) in [4.78, 5) is 2.54. The fraction of sp³-hybridized carbons (Fsp3) is 1.00. The summed E-state index contributed by atoms with van der Waals surface area (Å²) in [5.74, 6) is 1.74. The molecule has 1 N–H and O–H groups in total. The first-order valence-electron chi connectivity index (χ1n) is 4.99. The van der Waals surface area contributed by atoms with Crippen molar-refractivity contribution in [2.75, 3.05) is 20.1 Å². The molecule has 2 fully saturated rings. The molecule has 12 heavy (non-hydrogen) atoms. The Morgan fingerprint density at radius 3 is 2.58 bits per heavy atom. The average molecular weight is 168 g/mol. The lowest BCUT2D eigenvalue weighted by atomic mass is 9.84. The Hall–Kier alpha value is -0.0800. The minimum absolute atomic E-state index is 0.396. The van der Waals surface area contributed by atoms with Gasteiger partial charge in [0, 0.05) is 18.1 Å². The van der Waals surface area contributed by atoms with Crippen LogP contribution >= 0.6 is 0 Å². The zero-order chi connectivity index (χ0) is 8.93. The summed E-state index contributed by atoms with van der Waals surface area (Å²) in [6.07, 6.45) is 0. The van der Waals surface area contributed by atoms with Crippen molar-refractivity contribution in [1.82, 2.24) is 10.2 Å². The normalized spacial score (nSPS) is 46.5. The number of hydrogen-bond donors (Lipinski definition) is 1. The van der Waals surface area contributed by atoms with Crippen molar-refractivity contribution in [3.8, 4) is 0 Å². The predicted molar refractivity (Wildman–Crippen MR) is 51.2 cm³/mol. The van der Waals surface area contributed by atoms with Crippen LogP contribution in [0.25, 0.3) is 0 Å². The van der Waals surface area contributed by atoms with Gasteiger partial charge in [0.05, 0.1) is 0 Å². The minimum atomic E-state index is 0.396. The fourth-order valence-corrected chi connectivity index (χ4v) is 3.05. The van der Waals surface area contributed by atoms with Crippen LogP contribution in [0.4, 0.5) is 0 Å². The predicted octanol–water partition coefficient (Wildman–Crippen LogP) is 0.934. The van der Waals surface area contributed by atoms with Gasteiger partial charge in [0.1, 0.15) is 0 Å². The van der Waals surface area contributed by atoms with Gasteiger partial charge in [0.15, 0.2) is 0 Å². The van der Waals surface area contributed by atoms with E-state index in [1.54, 1.807) is 0 Å². The number of nitrogens with one attached hydrogen (secondary N) is 1. The molecular weight excluding hydrogens is 148 g/mol. The molecule has 0 spiro atoms. The molecule has 2 heterocycles. The number of fused-ring (bicyclic) bond motifs is 1. The van der Waals surface area contributed by atoms with Gasteiger partial charge in [-0.2, -0.15) is 0 Å². The van der Waals surface area contributed by atoms with Gasteiger partial charge < -0.3 is 5.32 Å². The number of likely N-dealkylation sites (tertiary alicyclic amines) is 1. The molecule has 2 nitrogen and oxygen atoms in total. The molecule has 3 atom stereocenters. The van der Waals surface area contributed by atoms with Gasteiger partial charge in [0.2, 0.25) is 0 Å². The quantitative estimate of drug-likeness (QED) is 0.579. The van der Waals surface area contributed by atoms with E-state index in [-0.39, 0.29) is 0 Å². The van der Waals surface area contributed by atoms with E-state index >= 15 is 0 Å². The highest BCUT2D eigenvalue weighted by Crippen LogP contribution is 2.43. The van der Waals surface area contributed by atoms with E-state index in [1.165, 1.54) is 13.1 Å². The maximum atomic E-state index is 3.50. The second kappa shape index (κ2) is 2.46. The van der Waals surface area contributed by atoms with Crippen LogP contribution in [0.5, 0.6) is 0 Å². The molecule has 0 bridgehead atoms. The van der Waals surface area contributed by atoms with Crippen LogP contribution in [0.15, 0.2) is 0 Å². The SMILES string of the molecule is CC1C2CNCC2C(C)(C)N1C. The van der Waals surface area contributed by atoms with Gasteiger partial charge in [-0.15, -0.1) is 0 Å². The van der Waals surface area contributed by atoms with E-state index < -0.39 is 0 Å². The summed E-state index contributed by atoms with van der Waals surface area (Å²) in [5, 5.41) is 3.50. The van der Waals surface area contributed by atoms with Crippen LogP contribution in [-0.4, -0.2) is 36.6 Å². The van der Waals surface area contributed by atoms with Crippen molar-refractivity contribution in [2.24, 2.45) is 11.8 Å². The van der Waals surface area contributed by atoms with Gasteiger partial charge in [-0.3, -0.25) is 4.90 Å². The van der Waals surface area contributed by atoms with Crippen molar-refractivity contribution >= 4 is 0 Å². The lowest BCUT2D eigenvalue weighted by Crippen LogP contribution is -2.44. The Morgan fingerprint density at radius 2 is 2.00 bits per heavy atom. The highest BCUT2D eigenvalue weighted by molar-refractivity contribution is 5.06. The Bertz CT molecular complexity index is 188. The van der Waals surface area contributed by atoms with Crippen LogP contribution in [0.1, 0.15) is 20.8 Å². The van der Waals surface area contributed by atoms with Gasteiger partial charge in [-0.05, 0) is 46.2 Å². The first-order valence-corrected chi connectivity index (χ1v) is 4.99. The van der Waals surface area contributed by atoms with E-state index in [0.29, 0.717) is 5.54 Å². The van der Waals surface area contributed by atoms with E-state index in [1.807, 2.05) is 0 Å². The summed E-state index contributed by atoms with van der Waals surface area (Å²) < 4.78 is 0. The molecule has 0 aromatic rings. The third kappa shape index (κ3) is 0.882. The summed E-state index contributed by atoms with van der Waals surface area (Å²) in [5.41, 5.74) is 0.396. The highest BCUT2D eigenvalue weighted by Gasteiger charge is 2.51. The Morgan fingerprint density at radius 1 is 1.33 bits per heavy atom. The molecule has 0 saturated carbocycles. The zero-order valence-corrected chi connectivity index (χ0v) is 8.59. The number of rotatable bonds is 0. The summed E-state index contributed by atoms with van der Waals surface area (Å²) in [6, 6.07) is 0.750. The van der Waals surface area contributed by atoms with E-state index in [9.17, 15) is 0 Å². The van der Waals surface area contributed by atoms with E-state index in [0.717, 1.165) is 17.9 Å². The summed E-state index contributed by atoms with van der Waals surface area (Å²) in [7, 11) is 2.27. The van der Waals surface area contributed by atoms with Gasteiger partial charge in [-0.25, -0.2) is 0 Å². The third-order valence-electron chi connectivity index (χ3n) is 4.31. The average Bonchev–Trinajstić information content (AvgIpc) is 2.54. The zero-order valence-electron chi connectivity index (χ0n) is 8.59. The molecule has 2 saturated heterocycles. The fourth-order valence-electron chi connectivity index (χ4n) is 3.05. The van der Waals surface area contributed by atoms with Crippen molar-refractivity contribution < 1.29 is 0 Å². The molecule has 2 heteroatoms. The van der Waals surface area contributed by atoms with Crippen LogP contribution in [0.3, 0.4) is 0 Å². The van der Waals surface area contributed by atoms with Crippen molar-refractivity contribution in [3.05, 3.63) is 0 Å². The van der Waals surface area contributed by atoms with Crippen LogP contribution in [-0.2, 0) is 0 Å². The number of hydrogen-bond acceptors (Lipinski definition) is 2. The number of nitrogens with zero attached hydrogens (tertiary/aromatic N) is 1. The van der Waals surface area contributed by atoms with Gasteiger partial charge in [-0.1, -0.05) is 0 Å². The first kappa shape index (κ1) is 8.52. The van der Waals surface area contributed by atoms with Gasteiger partial charge >= 0.3 is 0 Å². The first-order chi connectivity index (χ1) is 5.55. The molecule has 0 radical (unpaired) electrons. The maximum Gasteiger partial charge on any atom is 0.0197 e. The molecule has 0 aliphatic carbocycles. The van der Waals surface area contributed by atoms with Crippen LogP contribution in [0, 0.1) is 11.8 Å². The second-order valence-corrected chi connectivity index (χ2v) is 4.93. The Kier molecular flexibility index (Phi) is 1.74. The van der Waals surface area contributed by atoms with E-state index in [2.05, 4.69) is 38.0 Å². The van der Waals surface area contributed by atoms with Crippen LogP contribution < -0.4 is 5.32 Å². The molecule has 2 aliphatic heterocycles. The smallest absolute Gasteiger partial charge is 0.0197 e.